The van der Waals surface area contributed by atoms with Crippen molar-refractivity contribution in [2.24, 2.45) is 7.05 Å². The number of hydrogen-bond acceptors (Lipinski definition) is 2. The van der Waals surface area contributed by atoms with Crippen molar-refractivity contribution >= 4 is 50.0 Å². The summed E-state index contributed by atoms with van der Waals surface area (Å²) < 4.78 is 2.58. The molecule has 23 heavy (non-hydrogen) atoms. The number of halogens is 2. The lowest BCUT2D eigenvalue weighted by molar-refractivity contribution is 0.102. The standard InChI is InChI=1S/C17H12BrClN2O2/c1-21-9-14(16(22)13-8-11(19)5-6-15(13)21)17(23)20-12-4-2-3-10(18)7-12/h2-9H,1H3,(H,20,23). The average molecular weight is 392 g/mol. The minimum Gasteiger partial charge on any atom is -0.350 e. The first-order valence-electron chi connectivity index (χ1n) is 6.81. The summed E-state index contributed by atoms with van der Waals surface area (Å²) in [4.78, 5) is 25.0. The molecule has 1 amide bonds. The van der Waals surface area contributed by atoms with Gasteiger partial charge in [0.2, 0.25) is 5.43 Å². The molecule has 1 N–H and O–H groups in total. The zero-order valence-electron chi connectivity index (χ0n) is 12.1. The van der Waals surface area contributed by atoms with E-state index in [1.54, 1.807) is 48.0 Å². The van der Waals surface area contributed by atoms with Crippen LogP contribution in [0.1, 0.15) is 10.4 Å². The highest BCUT2D eigenvalue weighted by atomic mass is 79.9. The Hall–Kier alpha value is -2.11. The van der Waals surface area contributed by atoms with Crippen molar-refractivity contribution < 1.29 is 4.79 Å². The molecule has 0 radical (unpaired) electrons. The lowest BCUT2D eigenvalue weighted by Gasteiger charge is -2.10. The van der Waals surface area contributed by atoms with Crippen LogP contribution in [0.25, 0.3) is 10.9 Å². The van der Waals surface area contributed by atoms with Crippen molar-refractivity contribution in [1.29, 1.82) is 0 Å². The Bertz CT molecular complexity index is 982. The predicted molar refractivity (Wildman–Crippen MR) is 96.3 cm³/mol. The second kappa shape index (κ2) is 6.18. The van der Waals surface area contributed by atoms with Gasteiger partial charge in [-0.2, -0.15) is 0 Å². The molecule has 3 rings (SSSR count). The Morgan fingerprint density at radius 3 is 2.74 bits per heavy atom. The van der Waals surface area contributed by atoms with E-state index in [4.69, 9.17) is 11.6 Å². The van der Waals surface area contributed by atoms with Gasteiger partial charge in [0.05, 0.1) is 5.52 Å². The van der Waals surface area contributed by atoms with Crippen molar-refractivity contribution in [2.45, 2.75) is 0 Å². The number of aromatic nitrogens is 1. The van der Waals surface area contributed by atoms with Crippen LogP contribution < -0.4 is 10.7 Å². The number of benzene rings is 2. The van der Waals surface area contributed by atoms with E-state index in [1.807, 2.05) is 6.07 Å². The molecule has 0 atom stereocenters. The number of anilines is 1. The van der Waals surface area contributed by atoms with Gasteiger partial charge in [0.15, 0.2) is 0 Å². The van der Waals surface area contributed by atoms with Crippen molar-refractivity contribution in [2.75, 3.05) is 5.32 Å². The first-order valence-corrected chi connectivity index (χ1v) is 7.98. The number of fused-ring (bicyclic) bond motifs is 1. The van der Waals surface area contributed by atoms with Gasteiger partial charge in [0.1, 0.15) is 5.56 Å². The van der Waals surface area contributed by atoms with Crippen LogP contribution in [0, 0.1) is 0 Å². The quantitative estimate of drug-likeness (QED) is 0.711. The maximum absolute atomic E-state index is 12.6. The molecule has 0 aliphatic rings. The van der Waals surface area contributed by atoms with Gasteiger partial charge in [-0.3, -0.25) is 9.59 Å². The zero-order chi connectivity index (χ0) is 16.6. The van der Waals surface area contributed by atoms with Crippen molar-refractivity contribution in [3.8, 4) is 0 Å². The number of pyridine rings is 1. The van der Waals surface area contributed by atoms with E-state index < -0.39 is 5.91 Å². The topological polar surface area (TPSA) is 51.1 Å². The first-order chi connectivity index (χ1) is 11.0. The van der Waals surface area contributed by atoms with Crippen LogP contribution in [0.2, 0.25) is 5.02 Å². The Balaban J connectivity index is 2.07. The number of amides is 1. The molecular weight excluding hydrogens is 380 g/mol. The number of hydrogen-bond donors (Lipinski definition) is 1. The summed E-state index contributed by atoms with van der Waals surface area (Å²) in [6.45, 7) is 0. The lowest BCUT2D eigenvalue weighted by Crippen LogP contribution is -2.23. The number of carbonyl (C=O) groups excluding carboxylic acids is 1. The molecule has 1 aromatic heterocycles. The van der Waals surface area contributed by atoms with Crippen molar-refractivity contribution in [3.05, 3.63) is 73.9 Å². The van der Waals surface area contributed by atoms with E-state index >= 15 is 0 Å². The fraction of sp³-hybridized carbons (Fsp3) is 0.0588. The summed E-state index contributed by atoms with van der Waals surface area (Å²) in [6, 6.07) is 12.2. The molecule has 0 saturated heterocycles. The van der Waals surface area contributed by atoms with E-state index in [-0.39, 0.29) is 11.0 Å². The summed E-state index contributed by atoms with van der Waals surface area (Å²) >= 11 is 9.31. The summed E-state index contributed by atoms with van der Waals surface area (Å²) in [7, 11) is 1.78. The molecule has 0 bridgehead atoms. The molecule has 0 spiro atoms. The average Bonchev–Trinajstić information content (AvgIpc) is 2.50. The van der Waals surface area contributed by atoms with E-state index in [1.165, 1.54) is 6.20 Å². The van der Waals surface area contributed by atoms with Crippen molar-refractivity contribution in [3.63, 3.8) is 0 Å². The van der Waals surface area contributed by atoms with E-state index in [0.717, 1.165) is 9.99 Å². The predicted octanol–water partition coefficient (Wildman–Crippen LogP) is 4.21. The molecule has 0 unspecified atom stereocenters. The molecule has 0 fully saturated rings. The largest absolute Gasteiger partial charge is 0.350 e. The fourth-order valence-corrected chi connectivity index (χ4v) is 2.96. The number of carbonyl (C=O) groups is 1. The third-order valence-electron chi connectivity index (χ3n) is 3.48. The molecule has 0 saturated carbocycles. The third kappa shape index (κ3) is 3.16. The zero-order valence-corrected chi connectivity index (χ0v) is 14.5. The van der Waals surface area contributed by atoms with Gasteiger partial charge in [-0.1, -0.05) is 33.6 Å². The number of aryl methyl sites for hydroxylation is 1. The van der Waals surface area contributed by atoms with Crippen molar-refractivity contribution in [1.82, 2.24) is 4.57 Å². The highest BCUT2D eigenvalue weighted by Crippen LogP contribution is 2.18. The highest BCUT2D eigenvalue weighted by Gasteiger charge is 2.15. The second-order valence-electron chi connectivity index (χ2n) is 5.11. The minimum absolute atomic E-state index is 0.0715. The number of rotatable bonds is 2. The van der Waals surface area contributed by atoms with E-state index in [0.29, 0.717) is 16.1 Å². The molecule has 2 aromatic carbocycles. The molecule has 116 valence electrons. The smallest absolute Gasteiger partial charge is 0.261 e. The first kappa shape index (κ1) is 15.8. The summed E-state index contributed by atoms with van der Waals surface area (Å²) in [5, 5.41) is 3.61. The van der Waals surface area contributed by atoms with Crippen LogP contribution >= 0.6 is 27.5 Å². The van der Waals surface area contributed by atoms with Crippen LogP contribution in [0.5, 0.6) is 0 Å². The minimum atomic E-state index is -0.453. The second-order valence-corrected chi connectivity index (χ2v) is 6.46. The van der Waals surface area contributed by atoms with Gasteiger partial charge >= 0.3 is 0 Å². The van der Waals surface area contributed by atoms with Crippen LogP contribution in [-0.2, 0) is 7.05 Å². The summed E-state index contributed by atoms with van der Waals surface area (Å²) in [6.07, 6.45) is 1.53. The number of nitrogens with zero attached hydrogens (tertiary/aromatic N) is 1. The number of nitrogens with one attached hydrogen (secondary N) is 1. The maximum atomic E-state index is 12.6. The highest BCUT2D eigenvalue weighted by molar-refractivity contribution is 9.10. The molecular formula is C17H12BrClN2O2. The van der Waals surface area contributed by atoms with Gasteiger partial charge in [0, 0.05) is 33.8 Å². The van der Waals surface area contributed by atoms with E-state index in [9.17, 15) is 9.59 Å². The maximum Gasteiger partial charge on any atom is 0.261 e. The SMILES string of the molecule is Cn1cc(C(=O)Nc2cccc(Br)c2)c(=O)c2cc(Cl)ccc21. The van der Waals surface area contributed by atoms with Gasteiger partial charge in [0.25, 0.3) is 5.91 Å². The van der Waals surface area contributed by atoms with Crippen LogP contribution in [0.15, 0.2) is 57.9 Å². The van der Waals surface area contributed by atoms with Crippen LogP contribution in [0.3, 0.4) is 0 Å². The normalized spacial score (nSPS) is 10.7. The van der Waals surface area contributed by atoms with Gasteiger partial charge in [-0.05, 0) is 36.4 Å². The lowest BCUT2D eigenvalue weighted by atomic mass is 10.1. The molecule has 3 aromatic rings. The summed E-state index contributed by atoms with van der Waals surface area (Å²) in [5.74, 6) is -0.453. The fourth-order valence-electron chi connectivity index (χ4n) is 2.39. The third-order valence-corrected chi connectivity index (χ3v) is 4.21. The molecule has 4 nitrogen and oxygen atoms in total. The van der Waals surface area contributed by atoms with Gasteiger partial charge in [-0.15, -0.1) is 0 Å². The molecule has 1 heterocycles. The Morgan fingerprint density at radius 2 is 2.00 bits per heavy atom. The molecule has 0 aliphatic carbocycles. The van der Waals surface area contributed by atoms with Crippen LogP contribution in [0.4, 0.5) is 5.69 Å². The monoisotopic (exact) mass is 390 g/mol. The Labute approximate surface area is 145 Å². The molecule has 6 heteroatoms. The van der Waals surface area contributed by atoms with Gasteiger partial charge < -0.3 is 9.88 Å². The van der Waals surface area contributed by atoms with Crippen LogP contribution in [-0.4, -0.2) is 10.5 Å². The Kier molecular flexibility index (Phi) is 4.24. The Morgan fingerprint density at radius 1 is 1.22 bits per heavy atom. The van der Waals surface area contributed by atoms with Gasteiger partial charge in [-0.25, -0.2) is 0 Å². The summed E-state index contributed by atoms with van der Waals surface area (Å²) in [5.41, 5.74) is 1.06. The molecule has 0 aliphatic heterocycles. The van der Waals surface area contributed by atoms with E-state index in [2.05, 4.69) is 21.2 Å².